The number of carbonyl (C=O) groups excluding carboxylic acids is 1. The fourth-order valence-corrected chi connectivity index (χ4v) is 1.47. The van der Waals surface area contributed by atoms with E-state index in [1.54, 1.807) is 0 Å². The summed E-state index contributed by atoms with van der Waals surface area (Å²) in [5, 5.41) is 0. The van der Waals surface area contributed by atoms with E-state index in [1.165, 1.54) is 0 Å². The minimum Gasteiger partial charge on any atom is -0.323 e. The topological polar surface area (TPSA) is 41.6 Å². The van der Waals surface area contributed by atoms with Crippen molar-refractivity contribution >= 4 is 6.03 Å². The van der Waals surface area contributed by atoms with Gasteiger partial charge in [0.15, 0.2) is 0 Å². The predicted octanol–water partition coefficient (Wildman–Crippen LogP) is 2.16. The summed E-state index contributed by atoms with van der Waals surface area (Å²) in [4.78, 5) is 18.7. The number of hydroxylamine groups is 1. The number of hydrogen-bond donors (Lipinski definition) is 1. The highest BCUT2D eigenvalue weighted by Gasteiger charge is 2.21. The number of piperidine rings is 1. The summed E-state index contributed by atoms with van der Waals surface area (Å²) in [6.45, 7) is 9.62. The first kappa shape index (κ1) is 12.3. The van der Waals surface area contributed by atoms with E-state index in [1.807, 2.05) is 25.7 Å². The molecule has 15 heavy (non-hydrogen) atoms. The number of likely N-dealkylation sites (tertiary alicyclic amines) is 1. The molecule has 0 aliphatic carbocycles. The van der Waals surface area contributed by atoms with Gasteiger partial charge in [-0.05, 0) is 39.5 Å². The van der Waals surface area contributed by atoms with Crippen LogP contribution >= 0.6 is 0 Å². The summed E-state index contributed by atoms with van der Waals surface area (Å²) >= 11 is 0. The van der Waals surface area contributed by atoms with Crippen LogP contribution in [0, 0.1) is 5.92 Å². The van der Waals surface area contributed by atoms with Crippen LogP contribution in [0.1, 0.15) is 40.5 Å². The van der Waals surface area contributed by atoms with Gasteiger partial charge in [-0.3, -0.25) is 4.84 Å². The number of nitrogens with zero attached hydrogens (tertiary/aromatic N) is 1. The molecule has 4 heteroatoms. The fourth-order valence-electron chi connectivity index (χ4n) is 1.47. The molecule has 0 aromatic heterocycles. The van der Waals surface area contributed by atoms with E-state index in [4.69, 9.17) is 4.84 Å². The lowest BCUT2D eigenvalue weighted by Gasteiger charge is -2.31. The molecule has 0 bridgehead atoms. The molecule has 0 radical (unpaired) electrons. The first-order valence-electron chi connectivity index (χ1n) is 5.61. The Morgan fingerprint density at radius 1 is 1.33 bits per heavy atom. The minimum absolute atomic E-state index is 0.114. The van der Waals surface area contributed by atoms with Gasteiger partial charge in [-0.15, -0.1) is 0 Å². The molecule has 1 N–H and O–H groups in total. The van der Waals surface area contributed by atoms with E-state index < -0.39 is 0 Å². The Hall–Kier alpha value is -0.770. The van der Waals surface area contributed by atoms with Gasteiger partial charge in [-0.2, -0.15) is 0 Å². The van der Waals surface area contributed by atoms with Gasteiger partial charge < -0.3 is 4.90 Å². The molecule has 1 fully saturated rings. The summed E-state index contributed by atoms with van der Waals surface area (Å²) in [7, 11) is 0. The van der Waals surface area contributed by atoms with E-state index >= 15 is 0 Å². The van der Waals surface area contributed by atoms with Crippen LogP contribution < -0.4 is 5.48 Å². The van der Waals surface area contributed by atoms with Gasteiger partial charge in [0, 0.05) is 13.1 Å². The summed E-state index contributed by atoms with van der Waals surface area (Å²) in [5.74, 6) is 0.734. The van der Waals surface area contributed by atoms with E-state index in [9.17, 15) is 4.79 Å². The number of rotatable bonds is 1. The van der Waals surface area contributed by atoms with Crippen LogP contribution in [-0.2, 0) is 4.84 Å². The van der Waals surface area contributed by atoms with Crippen molar-refractivity contribution in [2.24, 2.45) is 5.92 Å². The van der Waals surface area contributed by atoms with Crippen molar-refractivity contribution in [2.45, 2.75) is 46.1 Å². The van der Waals surface area contributed by atoms with E-state index in [-0.39, 0.29) is 11.6 Å². The first-order valence-corrected chi connectivity index (χ1v) is 5.61. The third kappa shape index (κ3) is 4.51. The number of nitrogens with one attached hydrogen (secondary N) is 1. The Morgan fingerprint density at radius 3 is 2.33 bits per heavy atom. The Balaban J connectivity index is 2.29. The number of hydrogen-bond acceptors (Lipinski definition) is 2. The molecule has 1 saturated heterocycles. The smallest absolute Gasteiger partial charge is 0.323 e. The maximum atomic E-state index is 11.6. The van der Waals surface area contributed by atoms with E-state index in [2.05, 4.69) is 12.4 Å². The summed E-state index contributed by atoms with van der Waals surface area (Å²) in [6.07, 6.45) is 2.17. The van der Waals surface area contributed by atoms with Gasteiger partial charge in [-0.25, -0.2) is 10.3 Å². The first-order chi connectivity index (χ1) is 6.88. The Morgan fingerprint density at radius 2 is 1.87 bits per heavy atom. The average molecular weight is 214 g/mol. The van der Waals surface area contributed by atoms with Gasteiger partial charge in [0.1, 0.15) is 0 Å². The molecule has 0 unspecified atom stereocenters. The van der Waals surface area contributed by atoms with Crippen molar-refractivity contribution in [3.05, 3.63) is 0 Å². The number of carbonyl (C=O) groups is 1. The molecule has 1 aliphatic rings. The molecule has 88 valence electrons. The monoisotopic (exact) mass is 214 g/mol. The van der Waals surface area contributed by atoms with Crippen LogP contribution in [0.15, 0.2) is 0 Å². The molecule has 0 spiro atoms. The highest BCUT2D eigenvalue weighted by molar-refractivity contribution is 5.73. The van der Waals surface area contributed by atoms with Gasteiger partial charge in [-0.1, -0.05) is 6.92 Å². The van der Waals surface area contributed by atoms with Crippen molar-refractivity contribution in [1.82, 2.24) is 10.4 Å². The normalized spacial score (nSPS) is 19.1. The molecular formula is C11H22N2O2. The predicted molar refractivity (Wildman–Crippen MR) is 59.3 cm³/mol. The van der Waals surface area contributed by atoms with Gasteiger partial charge >= 0.3 is 6.03 Å². The van der Waals surface area contributed by atoms with Crippen LogP contribution in [0.2, 0.25) is 0 Å². The molecule has 1 aliphatic heterocycles. The van der Waals surface area contributed by atoms with E-state index in [0.29, 0.717) is 0 Å². The molecule has 0 aromatic rings. The molecule has 1 rings (SSSR count). The highest BCUT2D eigenvalue weighted by atomic mass is 16.7. The molecule has 0 saturated carbocycles. The van der Waals surface area contributed by atoms with Crippen LogP contribution in [0.4, 0.5) is 4.79 Å². The van der Waals surface area contributed by atoms with Crippen molar-refractivity contribution < 1.29 is 9.63 Å². The quantitative estimate of drug-likeness (QED) is 0.680. The minimum atomic E-state index is -0.335. The second-order valence-corrected chi connectivity index (χ2v) is 5.29. The maximum Gasteiger partial charge on any atom is 0.341 e. The summed E-state index contributed by atoms with van der Waals surface area (Å²) in [5.41, 5.74) is 2.16. The molecule has 0 aromatic carbocycles. The average Bonchev–Trinajstić information content (AvgIpc) is 2.14. The number of amides is 2. The summed E-state index contributed by atoms with van der Waals surface area (Å²) in [6, 6.07) is -0.114. The van der Waals surface area contributed by atoms with Gasteiger partial charge in [0.25, 0.3) is 0 Å². The SMILES string of the molecule is CC1CCN(C(=O)NOC(C)(C)C)CC1. The standard InChI is InChI=1S/C11H22N2O2/c1-9-5-7-13(8-6-9)10(14)12-15-11(2,3)4/h9H,5-8H2,1-4H3,(H,12,14). The second kappa shape index (κ2) is 4.84. The molecular weight excluding hydrogens is 192 g/mol. The largest absolute Gasteiger partial charge is 0.341 e. The Bertz CT molecular complexity index is 215. The highest BCUT2D eigenvalue weighted by Crippen LogP contribution is 2.16. The van der Waals surface area contributed by atoms with Gasteiger partial charge in [0.05, 0.1) is 5.60 Å². The van der Waals surface area contributed by atoms with Crippen LogP contribution in [-0.4, -0.2) is 29.6 Å². The zero-order chi connectivity index (χ0) is 11.5. The van der Waals surface area contributed by atoms with Crippen molar-refractivity contribution in [1.29, 1.82) is 0 Å². The lowest BCUT2D eigenvalue weighted by Crippen LogP contribution is -2.46. The Kier molecular flexibility index (Phi) is 3.97. The lowest BCUT2D eigenvalue weighted by atomic mass is 10.00. The molecule has 0 atom stereocenters. The van der Waals surface area contributed by atoms with E-state index in [0.717, 1.165) is 31.8 Å². The fraction of sp³-hybridized carbons (Fsp3) is 0.909. The van der Waals surface area contributed by atoms with Crippen molar-refractivity contribution in [3.8, 4) is 0 Å². The van der Waals surface area contributed by atoms with Gasteiger partial charge in [0.2, 0.25) is 0 Å². The molecule has 4 nitrogen and oxygen atoms in total. The zero-order valence-electron chi connectivity index (χ0n) is 10.2. The number of urea groups is 1. The summed E-state index contributed by atoms with van der Waals surface area (Å²) < 4.78 is 0. The van der Waals surface area contributed by atoms with Crippen LogP contribution in [0.25, 0.3) is 0 Å². The zero-order valence-corrected chi connectivity index (χ0v) is 10.2. The van der Waals surface area contributed by atoms with Crippen LogP contribution in [0.5, 0.6) is 0 Å². The Labute approximate surface area is 91.9 Å². The maximum absolute atomic E-state index is 11.6. The molecule has 2 amide bonds. The second-order valence-electron chi connectivity index (χ2n) is 5.29. The van der Waals surface area contributed by atoms with Crippen molar-refractivity contribution in [3.63, 3.8) is 0 Å². The third-order valence-electron chi connectivity index (χ3n) is 2.52. The van der Waals surface area contributed by atoms with Crippen LogP contribution in [0.3, 0.4) is 0 Å². The lowest BCUT2D eigenvalue weighted by molar-refractivity contribution is -0.0593. The third-order valence-corrected chi connectivity index (χ3v) is 2.52. The van der Waals surface area contributed by atoms with Crippen molar-refractivity contribution in [2.75, 3.05) is 13.1 Å². The molecule has 1 heterocycles.